The molecule has 1 aromatic rings. The van der Waals surface area contributed by atoms with Gasteiger partial charge in [0.1, 0.15) is 4.90 Å². The summed E-state index contributed by atoms with van der Waals surface area (Å²) in [6, 6.07) is 0.0352. The molecule has 2 rings (SSSR count). The zero-order valence-electron chi connectivity index (χ0n) is 11.1. The van der Waals surface area contributed by atoms with Gasteiger partial charge in [-0.1, -0.05) is 26.7 Å². The number of aromatic nitrogens is 2. The van der Waals surface area contributed by atoms with Crippen molar-refractivity contribution in [2.45, 2.75) is 51.0 Å². The van der Waals surface area contributed by atoms with Crippen LogP contribution in [0.2, 0.25) is 0 Å². The van der Waals surface area contributed by atoms with Crippen molar-refractivity contribution in [3.63, 3.8) is 0 Å². The van der Waals surface area contributed by atoms with Gasteiger partial charge in [0, 0.05) is 6.04 Å². The molecule has 1 fully saturated rings. The fraction of sp³-hybridized carbons (Fsp3) is 0.750. The second-order valence-corrected chi connectivity index (χ2v) is 7.04. The highest BCUT2D eigenvalue weighted by Gasteiger charge is 2.31. The van der Waals surface area contributed by atoms with E-state index in [1.165, 1.54) is 12.6 Å². The first kappa shape index (κ1) is 13.5. The Labute approximate surface area is 108 Å². The highest BCUT2D eigenvalue weighted by molar-refractivity contribution is 7.89. The lowest BCUT2D eigenvalue weighted by molar-refractivity contribution is 0.227. The molecule has 102 valence electrons. The molecule has 0 aromatic carbocycles. The molecule has 2 N–H and O–H groups in total. The van der Waals surface area contributed by atoms with Crippen LogP contribution in [-0.2, 0) is 10.0 Å². The fourth-order valence-corrected chi connectivity index (χ4v) is 4.12. The van der Waals surface area contributed by atoms with Crippen LogP contribution in [0.5, 0.6) is 0 Å². The summed E-state index contributed by atoms with van der Waals surface area (Å²) in [5.74, 6) is 0.942. The molecule has 0 saturated heterocycles. The Morgan fingerprint density at radius 1 is 1.39 bits per heavy atom. The molecule has 1 aromatic heterocycles. The maximum absolute atomic E-state index is 12.3. The highest BCUT2D eigenvalue weighted by atomic mass is 32.2. The van der Waals surface area contributed by atoms with Gasteiger partial charge >= 0.3 is 0 Å². The van der Waals surface area contributed by atoms with Crippen LogP contribution in [0.1, 0.15) is 38.8 Å². The van der Waals surface area contributed by atoms with Gasteiger partial charge < -0.3 is 0 Å². The number of aromatic amines is 1. The number of sulfonamides is 1. The number of hydrogen-bond donors (Lipinski definition) is 2. The third-order valence-electron chi connectivity index (χ3n) is 4.09. The molecule has 18 heavy (non-hydrogen) atoms. The summed E-state index contributed by atoms with van der Waals surface area (Å²) in [7, 11) is -3.45. The lowest BCUT2D eigenvalue weighted by atomic mass is 9.78. The molecule has 0 aliphatic heterocycles. The molecule has 6 heteroatoms. The SMILES string of the molecule is Cc1[nH]ncc1S(=O)(=O)NC1CCCC(C)C1C. The first-order chi connectivity index (χ1) is 8.42. The fourth-order valence-electron chi connectivity index (χ4n) is 2.62. The van der Waals surface area contributed by atoms with E-state index in [1.807, 2.05) is 0 Å². The summed E-state index contributed by atoms with van der Waals surface area (Å²) in [6.45, 7) is 6.03. The molecule has 1 saturated carbocycles. The Hall–Kier alpha value is -0.880. The van der Waals surface area contributed by atoms with Gasteiger partial charge in [0.2, 0.25) is 10.0 Å². The lowest BCUT2D eigenvalue weighted by Gasteiger charge is -2.34. The van der Waals surface area contributed by atoms with Crippen molar-refractivity contribution in [1.82, 2.24) is 14.9 Å². The van der Waals surface area contributed by atoms with Crippen LogP contribution in [0.15, 0.2) is 11.1 Å². The second-order valence-electron chi connectivity index (χ2n) is 5.35. The molecule has 1 aliphatic rings. The smallest absolute Gasteiger partial charge is 0.244 e. The van der Waals surface area contributed by atoms with Crippen molar-refractivity contribution in [1.29, 1.82) is 0 Å². The molecule has 3 atom stereocenters. The third kappa shape index (κ3) is 2.59. The normalized spacial score (nSPS) is 29.4. The minimum Gasteiger partial charge on any atom is -0.281 e. The van der Waals surface area contributed by atoms with E-state index in [1.54, 1.807) is 6.92 Å². The van der Waals surface area contributed by atoms with Crippen LogP contribution in [-0.4, -0.2) is 24.7 Å². The van der Waals surface area contributed by atoms with Crippen LogP contribution < -0.4 is 4.72 Å². The quantitative estimate of drug-likeness (QED) is 0.880. The average Bonchev–Trinajstić information content (AvgIpc) is 2.72. The zero-order valence-corrected chi connectivity index (χ0v) is 11.9. The molecule has 1 heterocycles. The Morgan fingerprint density at radius 2 is 2.11 bits per heavy atom. The maximum Gasteiger partial charge on any atom is 0.244 e. The van der Waals surface area contributed by atoms with Crippen molar-refractivity contribution in [3.8, 4) is 0 Å². The monoisotopic (exact) mass is 271 g/mol. The predicted octanol–water partition coefficient (Wildman–Crippen LogP) is 1.82. The van der Waals surface area contributed by atoms with E-state index in [-0.39, 0.29) is 10.9 Å². The molecular weight excluding hydrogens is 250 g/mol. The van der Waals surface area contributed by atoms with Gasteiger partial charge in [-0.3, -0.25) is 5.10 Å². The molecular formula is C12H21N3O2S. The Balaban J connectivity index is 2.16. The van der Waals surface area contributed by atoms with Gasteiger partial charge in [-0.2, -0.15) is 5.10 Å². The molecule has 5 nitrogen and oxygen atoms in total. The zero-order chi connectivity index (χ0) is 13.3. The largest absolute Gasteiger partial charge is 0.281 e. The van der Waals surface area contributed by atoms with Crippen molar-refractivity contribution in [3.05, 3.63) is 11.9 Å². The van der Waals surface area contributed by atoms with Crippen molar-refractivity contribution < 1.29 is 8.42 Å². The average molecular weight is 271 g/mol. The van der Waals surface area contributed by atoms with E-state index in [0.717, 1.165) is 12.8 Å². The molecule has 0 radical (unpaired) electrons. The molecule has 0 bridgehead atoms. The Bertz CT molecular complexity index is 509. The van der Waals surface area contributed by atoms with Crippen LogP contribution in [0.25, 0.3) is 0 Å². The van der Waals surface area contributed by atoms with Crippen LogP contribution >= 0.6 is 0 Å². The number of aryl methyl sites for hydroxylation is 1. The van der Waals surface area contributed by atoms with Gasteiger partial charge in [0.25, 0.3) is 0 Å². The maximum atomic E-state index is 12.3. The first-order valence-corrected chi connectivity index (χ1v) is 7.92. The number of nitrogens with one attached hydrogen (secondary N) is 2. The second kappa shape index (κ2) is 5.01. The molecule has 1 aliphatic carbocycles. The van der Waals surface area contributed by atoms with Gasteiger partial charge in [0.05, 0.1) is 11.9 Å². The van der Waals surface area contributed by atoms with Gasteiger partial charge in [0.15, 0.2) is 0 Å². The summed E-state index contributed by atoms with van der Waals surface area (Å²) in [4.78, 5) is 0.257. The summed E-state index contributed by atoms with van der Waals surface area (Å²) in [5.41, 5.74) is 0.582. The van der Waals surface area contributed by atoms with Gasteiger partial charge in [-0.15, -0.1) is 0 Å². The van der Waals surface area contributed by atoms with Crippen LogP contribution in [0.3, 0.4) is 0 Å². The summed E-state index contributed by atoms with van der Waals surface area (Å²) >= 11 is 0. The van der Waals surface area contributed by atoms with E-state index in [2.05, 4.69) is 28.8 Å². The standard InChI is InChI=1S/C12H21N3O2S/c1-8-5-4-6-11(9(8)2)15-18(16,17)12-7-13-14-10(12)3/h7-9,11,15H,4-6H2,1-3H3,(H,13,14). The topological polar surface area (TPSA) is 74.8 Å². The van der Waals surface area contributed by atoms with Crippen molar-refractivity contribution in [2.75, 3.05) is 0 Å². The van der Waals surface area contributed by atoms with Crippen molar-refractivity contribution in [2.24, 2.45) is 11.8 Å². The van der Waals surface area contributed by atoms with Gasteiger partial charge in [-0.05, 0) is 25.2 Å². The third-order valence-corrected chi connectivity index (χ3v) is 5.69. The number of hydrogen-bond acceptors (Lipinski definition) is 3. The van der Waals surface area contributed by atoms with E-state index in [9.17, 15) is 8.42 Å². The molecule has 3 unspecified atom stereocenters. The van der Waals surface area contributed by atoms with E-state index < -0.39 is 10.0 Å². The highest BCUT2D eigenvalue weighted by Crippen LogP contribution is 2.30. The van der Waals surface area contributed by atoms with E-state index in [0.29, 0.717) is 17.5 Å². The predicted molar refractivity (Wildman–Crippen MR) is 69.6 cm³/mol. The minimum absolute atomic E-state index is 0.0352. The number of H-pyrrole nitrogens is 1. The first-order valence-electron chi connectivity index (χ1n) is 6.44. The van der Waals surface area contributed by atoms with E-state index >= 15 is 0 Å². The number of nitrogens with zero attached hydrogens (tertiary/aromatic N) is 1. The van der Waals surface area contributed by atoms with Crippen molar-refractivity contribution >= 4 is 10.0 Å². The summed E-state index contributed by atoms with van der Waals surface area (Å²) in [6.07, 6.45) is 4.56. The Kier molecular flexibility index (Phi) is 3.77. The minimum atomic E-state index is -3.45. The van der Waals surface area contributed by atoms with Gasteiger partial charge in [-0.25, -0.2) is 13.1 Å². The van der Waals surface area contributed by atoms with E-state index in [4.69, 9.17) is 0 Å². The Morgan fingerprint density at radius 3 is 2.72 bits per heavy atom. The summed E-state index contributed by atoms with van der Waals surface area (Å²) < 4.78 is 27.4. The lowest BCUT2D eigenvalue weighted by Crippen LogP contribution is -2.43. The van der Waals surface area contributed by atoms with Crippen LogP contribution in [0, 0.1) is 18.8 Å². The number of rotatable bonds is 3. The van der Waals surface area contributed by atoms with Crippen LogP contribution in [0.4, 0.5) is 0 Å². The molecule has 0 spiro atoms. The molecule has 0 amide bonds. The summed E-state index contributed by atoms with van der Waals surface area (Å²) in [5, 5.41) is 6.43.